The van der Waals surface area contributed by atoms with Crippen LogP contribution in [0.15, 0.2) is 18.2 Å². The molecule has 1 saturated carbocycles. The van der Waals surface area contributed by atoms with E-state index in [4.69, 9.17) is 9.84 Å². The number of rotatable bonds is 9. The van der Waals surface area contributed by atoms with Crippen LogP contribution in [-0.4, -0.2) is 60.8 Å². The topological polar surface area (TPSA) is 88.1 Å². The maximum atomic E-state index is 12.6. The number of nitrogens with zero attached hydrogens (tertiary/aromatic N) is 1. The predicted octanol–water partition coefficient (Wildman–Crippen LogP) is 1.96. The van der Waals surface area contributed by atoms with Crippen LogP contribution in [0.25, 0.3) is 0 Å². The number of carboxylic acid groups (broad SMARTS) is 1. The van der Waals surface area contributed by atoms with E-state index in [9.17, 15) is 18.4 Å². The molecule has 0 atom stereocenters. The molecule has 7 nitrogen and oxygen atoms in total. The summed E-state index contributed by atoms with van der Waals surface area (Å²) in [4.78, 5) is 25.1. The molecule has 9 heteroatoms. The lowest BCUT2D eigenvalue weighted by molar-refractivity contribution is -0.139. The van der Waals surface area contributed by atoms with Crippen LogP contribution in [0.3, 0.4) is 0 Å². The molecule has 0 radical (unpaired) electrons. The van der Waals surface area contributed by atoms with Crippen molar-refractivity contribution in [1.29, 1.82) is 0 Å². The van der Waals surface area contributed by atoms with Gasteiger partial charge in [0.2, 0.25) is 0 Å². The van der Waals surface area contributed by atoms with Gasteiger partial charge in [-0.05, 0) is 31.5 Å². The van der Waals surface area contributed by atoms with E-state index in [-0.39, 0.29) is 35.7 Å². The Morgan fingerprint density at radius 3 is 2.62 bits per heavy atom. The lowest BCUT2D eigenvalue weighted by Crippen LogP contribution is -2.54. The molecule has 1 fully saturated rings. The minimum Gasteiger partial charge on any atom is -0.493 e. The maximum absolute atomic E-state index is 12.6. The van der Waals surface area contributed by atoms with Crippen molar-refractivity contribution in [3.8, 4) is 11.5 Å². The molecule has 26 heavy (non-hydrogen) atoms. The highest BCUT2D eigenvalue weighted by atomic mass is 19.3. The molecule has 0 aliphatic heterocycles. The van der Waals surface area contributed by atoms with Gasteiger partial charge >= 0.3 is 12.6 Å². The van der Waals surface area contributed by atoms with Crippen molar-refractivity contribution in [2.24, 2.45) is 0 Å². The van der Waals surface area contributed by atoms with Crippen molar-refractivity contribution >= 4 is 11.9 Å². The van der Waals surface area contributed by atoms with E-state index in [0.717, 1.165) is 0 Å². The van der Waals surface area contributed by atoms with Crippen LogP contribution in [0, 0.1) is 0 Å². The number of carbonyl (C=O) groups excluding carboxylic acids is 1. The second-order valence-corrected chi connectivity index (χ2v) is 5.97. The van der Waals surface area contributed by atoms with Gasteiger partial charge in [-0.15, -0.1) is 0 Å². The second kappa shape index (κ2) is 8.79. The predicted molar refractivity (Wildman–Crippen MR) is 88.8 cm³/mol. The number of halogens is 2. The van der Waals surface area contributed by atoms with Gasteiger partial charge in [-0.1, -0.05) is 13.0 Å². The summed E-state index contributed by atoms with van der Waals surface area (Å²) in [6.45, 7) is -0.664. The first-order valence-corrected chi connectivity index (χ1v) is 8.24. The molecule has 0 bridgehead atoms. The number of carboxylic acids is 1. The number of methoxy groups -OCH3 is 1. The van der Waals surface area contributed by atoms with Crippen LogP contribution in [-0.2, 0) is 4.79 Å². The molecule has 0 spiro atoms. The first kappa shape index (κ1) is 19.9. The molecule has 1 aromatic rings. The van der Waals surface area contributed by atoms with E-state index >= 15 is 0 Å². The molecule has 0 heterocycles. The summed E-state index contributed by atoms with van der Waals surface area (Å²) < 4.78 is 34.7. The van der Waals surface area contributed by atoms with Crippen LogP contribution < -0.4 is 14.8 Å². The van der Waals surface area contributed by atoms with Crippen molar-refractivity contribution in [1.82, 2.24) is 10.2 Å². The average molecular weight is 372 g/mol. The largest absolute Gasteiger partial charge is 0.493 e. The lowest BCUT2D eigenvalue weighted by Gasteiger charge is -2.42. The van der Waals surface area contributed by atoms with E-state index in [1.165, 1.54) is 25.3 Å². The first-order valence-electron chi connectivity index (χ1n) is 8.24. The second-order valence-electron chi connectivity index (χ2n) is 5.97. The van der Waals surface area contributed by atoms with Crippen molar-refractivity contribution in [2.45, 2.75) is 38.5 Å². The highest BCUT2D eigenvalue weighted by Gasteiger charge is 2.35. The fraction of sp³-hybridized carbons (Fsp3) is 0.529. The van der Waals surface area contributed by atoms with Crippen molar-refractivity contribution in [3.05, 3.63) is 23.8 Å². The third-order valence-electron chi connectivity index (χ3n) is 4.36. The summed E-state index contributed by atoms with van der Waals surface area (Å²) in [7, 11) is 1.30. The smallest absolute Gasteiger partial charge is 0.387 e. The Morgan fingerprint density at radius 2 is 2.08 bits per heavy atom. The minimum atomic E-state index is -3.08. The first-order chi connectivity index (χ1) is 12.3. The van der Waals surface area contributed by atoms with Crippen molar-refractivity contribution in [3.63, 3.8) is 0 Å². The van der Waals surface area contributed by atoms with Gasteiger partial charge in [-0.3, -0.25) is 14.5 Å². The maximum Gasteiger partial charge on any atom is 0.387 e. The molecule has 1 aromatic carbocycles. The van der Waals surface area contributed by atoms with Crippen LogP contribution in [0.1, 0.15) is 30.1 Å². The highest BCUT2D eigenvalue weighted by molar-refractivity contribution is 5.98. The number of aliphatic carboxylic acids is 1. The number of amides is 1. The van der Waals surface area contributed by atoms with Crippen molar-refractivity contribution < 1.29 is 33.0 Å². The number of hydrogen-bond acceptors (Lipinski definition) is 5. The van der Waals surface area contributed by atoms with E-state index in [2.05, 4.69) is 10.1 Å². The fourth-order valence-corrected chi connectivity index (χ4v) is 3.01. The van der Waals surface area contributed by atoms with Crippen LogP contribution in [0.4, 0.5) is 8.78 Å². The summed E-state index contributed by atoms with van der Waals surface area (Å²) in [6, 6.07) is 4.25. The molecule has 1 aliphatic carbocycles. The molecule has 2 N–H and O–H groups in total. The summed E-state index contributed by atoms with van der Waals surface area (Å²) in [5.74, 6) is -1.70. The number of nitrogens with one attached hydrogen (secondary N) is 1. The van der Waals surface area contributed by atoms with Gasteiger partial charge in [0.15, 0.2) is 11.5 Å². The van der Waals surface area contributed by atoms with Crippen molar-refractivity contribution in [2.75, 3.05) is 20.2 Å². The standard InChI is InChI=1S/C17H22F2N2O5/c1-3-21(9-14(22)23)11-7-10(8-11)20-16(24)12-5-4-6-13(25-2)15(12)26-17(18)19/h4-6,10-11,17H,3,7-9H2,1-2H3,(H,20,24)(H,22,23). The molecule has 0 aromatic heterocycles. The van der Waals surface area contributed by atoms with Crippen LogP contribution in [0.2, 0.25) is 0 Å². The van der Waals surface area contributed by atoms with E-state index < -0.39 is 18.5 Å². The molecule has 0 unspecified atom stereocenters. The Morgan fingerprint density at radius 1 is 1.38 bits per heavy atom. The molecule has 144 valence electrons. The van der Waals surface area contributed by atoms with E-state index in [0.29, 0.717) is 19.4 Å². The van der Waals surface area contributed by atoms with Gasteiger partial charge in [0, 0.05) is 12.1 Å². The van der Waals surface area contributed by atoms with E-state index in [1.807, 2.05) is 11.8 Å². The van der Waals surface area contributed by atoms with Crippen LogP contribution >= 0.6 is 0 Å². The van der Waals surface area contributed by atoms with Gasteiger partial charge in [-0.2, -0.15) is 8.78 Å². The van der Waals surface area contributed by atoms with Crippen LogP contribution in [0.5, 0.6) is 11.5 Å². The molecule has 1 aliphatic rings. The number of likely N-dealkylation sites (N-methyl/N-ethyl adjacent to an activating group) is 1. The number of alkyl halides is 2. The number of benzene rings is 1. The Labute approximate surface area is 149 Å². The zero-order valence-corrected chi connectivity index (χ0v) is 14.6. The summed E-state index contributed by atoms with van der Waals surface area (Å²) >= 11 is 0. The van der Waals surface area contributed by atoms with Gasteiger partial charge in [0.05, 0.1) is 19.2 Å². The third kappa shape index (κ3) is 4.81. The van der Waals surface area contributed by atoms with Gasteiger partial charge in [0.1, 0.15) is 0 Å². The monoisotopic (exact) mass is 372 g/mol. The quantitative estimate of drug-likeness (QED) is 0.689. The molecular formula is C17H22F2N2O5. The lowest BCUT2D eigenvalue weighted by atomic mass is 9.85. The van der Waals surface area contributed by atoms with Gasteiger partial charge in [0.25, 0.3) is 5.91 Å². The minimum absolute atomic E-state index is 0.0361. The number of hydrogen-bond donors (Lipinski definition) is 2. The Bertz CT molecular complexity index is 650. The zero-order chi connectivity index (χ0) is 19.3. The molecule has 0 saturated heterocycles. The fourth-order valence-electron chi connectivity index (χ4n) is 3.01. The number of para-hydroxylation sites is 1. The van der Waals surface area contributed by atoms with Gasteiger partial charge in [-0.25, -0.2) is 0 Å². The zero-order valence-electron chi connectivity index (χ0n) is 14.6. The normalized spacial score (nSPS) is 19.2. The SMILES string of the molecule is CCN(CC(=O)O)C1CC(NC(=O)c2cccc(OC)c2OC(F)F)C1. The third-order valence-corrected chi connectivity index (χ3v) is 4.36. The molecule has 2 rings (SSSR count). The van der Waals surface area contributed by atoms with E-state index in [1.54, 1.807) is 0 Å². The summed E-state index contributed by atoms with van der Waals surface area (Å²) in [5, 5.41) is 11.7. The Hall–Kier alpha value is -2.42. The Balaban J connectivity index is 2.00. The Kier molecular flexibility index (Phi) is 6.73. The summed E-state index contributed by atoms with van der Waals surface area (Å²) in [5.41, 5.74) is -0.0361. The highest BCUT2D eigenvalue weighted by Crippen LogP contribution is 2.33. The molecular weight excluding hydrogens is 350 g/mol. The van der Waals surface area contributed by atoms with Gasteiger partial charge < -0.3 is 19.9 Å². The number of ether oxygens (including phenoxy) is 2. The summed E-state index contributed by atoms with van der Waals surface area (Å²) in [6.07, 6.45) is 1.20. The average Bonchev–Trinajstić information content (AvgIpc) is 2.55. The molecule has 1 amide bonds. The number of carbonyl (C=O) groups is 2.